The molecule has 0 spiro atoms. The first-order valence-electron chi connectivity index (χ1n) is 7.80. The lowest BCUT2D eigenvalue weighted by Crippen LogP contribution is -2.30. The van der Waals surface area contributed by atoms with E-state index in [9.17, 15) is 0 Å². The number of nitrogens with zero attached hydrogens (tertiary/aromatic N) is 1. The second-order valence-electron chi connectivity index (χ2n) is 5.59. The SMILES string of the molecule is CCNCCCCCCN(C)CC1CCOCC1. The van der Waals surface area contributed by atoms with Gasteiger partial charge in [-0.3, -0.25) is 0 Å². The highest BCUT2D eigenvalue weighted by Crippen LogP contribution is 2.15. The molecule has 0 amide bonds. The van der Waals surface area contributed by atoms with Crippen LogP contribution in [-0.4, -0.2) is 51.3 Å². The molecule has 1 aliphatic rings. The van der Waals surface area contributed by atoms with E-state index in [-0.39, 0.29) is 0 Å². The van der Waals surface area contributed by atoms with Crippen molar-refractivity contribution in [2.24, 2.45) is 5.92 Å². The fraction of sp³-hybridized carbons (Fsp3) is 1.00. The Hall–Kier alpha value is -0.120. The highest BCUT2D eigenvalue weighted by Gasteiger charge is 2.15. The van der Waals surface area contributed by atoms with Gasteiger partial charge in [-0.15, -0.1) is 0 Å². The summed E-state index contributed by atoms with van der Waals surface area (Å²) in [4.78, 5) is 2.51. The molecule has 1 aliphatic heterocycles. The molecule has 108 valence electrons. The largest absolute Gasteiger partial charge is 0.381 e. The van der Waals surface area contributed by atoms with E-state index in [0.29, 0.717) is 0 Å². The zero-order chi connectivity index (χ0) is 13.1. The Morgan fingerprint density at radius 1 is 1.11 bits per heavy atom. The Morgan fingerprint density at radius 2 is 1.83 bits per heavy atom. The second-order valence-corrected chi connectivity index (χ2v) is 5.59. The summed E-state index contributed by atoms with van der Waals surface area (Å²) in [5, 5.41) is 3.38. The molecule has 0 unspecified atom stereocenters. The fourth-order valence-electron chi connectivity index (χ4n) is 2.62. The van der Waals surface area contributed by atoms with Crippen molar-refractivity contribution in [2.75, 3.05) is 46.4 Å². The van der Waals surface area contributed by atoms with Gasteiger partial charge in [-0.25, -0.2) is 0 Å². The molecule has 0 saturated carbocycles. The Labute approximate surface area is 113 Å². The van der Waals surface area contributed by atoms with Crippen LogP contribution in [0.5, 0.6) is 0 Å². The molecule has 3 nitrogen and oxygen atoms in total. The molecule has 1 saturated heterocycles. The van der Waals surface area contributed by atoms with Gasteiger partial charge in [-0.05, 0) is 58.3 Å². The summed E-state index contributed by atoms with van der Waals surface area (Å²) in [7, 11) is 2.27. The highest BCUT2D eigenvalue weighted by atomic mass is 16.5. The number of unbranched alkanes of at least 4 members (excludes halogenated alkanes) is 3. The van der Waals surface area contributed by atoms with E-state index in [4.69, 9.17) is 4.74 Å². The smallest absolute Gasteiger partial charge is 0.0469 e. The molecule has 1 rings (SSSR count). The molecule has 0 aromatic rings. The van der Waals surface area contributed by atoms with E-state index in [1.165, 1.54) is 58.2 Å². The molecule has 0 aromatic carbocycles. The monoisotopic (exact) mass is 256 g/mol. The molecule has 0 radical (unpaired) electrons. The lowest BCUT2D eigenvalue weighted by Gasteiger charge is -2.27. The Balaban J connectivity index is 1.88. The third-order valence-corrected chi connectivity index (χ3v) is 3.80. The van der Waals surface area contributed by atoms with Gasteiger partial charge in [0, 0.05) is 19.8 Å². The second kappa shape index (κ2) is 10.8. The lowest BCUT2D eigenvalue weighted by atomic mass is 10.00. The average molecular weight is 256 g/mol. The summed E-state index contributed by atoms with van der Waals surface area (Å²) in [5.41, 5.74) is 0. The van der Waals surface area contributed by atoms with Gasteiger partial charge in [0.15, 0.2) is 0 Å². The molecule has 3 heteroatoms. The van der Waals surface area contributed by atoms with Crippen LogP contribution in [-0.2, 0) is 4.74 Å². The summed E-state index contributed by atoms with van der Waals surface area (Å²) in [5.74, 6) is 0.873. The fourth-order valence-corrected chi connectivity index (χ4v) is 2.62. The Kier molecular flexibility index (Phi) is 9.54. The summed E-state index contributed by atoms with van der Waals surface area (Å²) >= 11 is 0. The third-order valence-electron chi connectivity index (χ3n) is 3.80. The maximum absolute atomic E-state index is 5.40. The van der Waals surface area contributed by atoms with Crippen LogP contribution in [0.2, 0.25) is 0 Å². The zero-order valence-corrected chi connectivity index (χ0v) is 12.4. The van der Waals surface area contributed by atoms with Crippen molar-refractivity contribution < 1.29 is 4.74 Å². The van der Waals surface area contributed by atoms with Gasteiger partial charge >= 0.3 is 0 Å². The highest BCUT2D eigenvalue weighted by molar-refractivity contribution is 4.67. The van der Waals surface area contributed by atoms with Gasteiger partial charge in [-0.1, -0.05) is 19.8 Å². The summed E-state index contributed by atoms with van der Waals surface area (Å²) in [6, 6.07) is 0. The molecule has 1 heterocycles. The predicted molar refractivity (Wildman–Crippen MR) is 78.1 cm³/mol. The van der Waals surface area contributed by atoms with Crippen LogP contribution in [0, 0.1) is 5.92 Å². The van der Waals surface area contributed by atoms with Crippen LogP contribution in [0.25, 0.3) is 0 Å². The van der Waals surface area contributed by atoms with Crippen molar-refractivity contribution in [3.8, 4) is 0 Å². The zero-order valence-electron chi connectivity index (χ0n) is 12.4. The van der Waals surface area contributed by atoms with Crippen LogP contribution >= 0.6 is 0 Å². The number of hydrogen-bond acceptors (Lipinski definition) is 3. The minimum atomic E-state index is 0.873. The molecule has 0 aliphatic carbocycles. The molecule has 18 heavy (non-hydrogen) atoms. The summed E-state index contributed by atoms with van der Waals surface area (Å²) in [6.07, 6.45) is 7.95. The average Bonchev–Trinajstić information content (AvgIpc) is 2.39. The third kappa shape index (κ3) is 8.06. The topological polar surface area (TPSA) is 24.5 Å². The number of ether oxygens (including phenoxy) is 1. The van der Waals surface area contributed by atoms with Crippen molar-refractivity contribution in [3.63, 3.8) is 0 Å². The molecule has 1 N–H and O–H groups in total. The number of nitrogens with one attached hydrogen (secondary N) is 1. The Bertz CT molecular complexity index is 181. The van der Waals surface area contributed by atoms with Gasteiger partial charge in [0.2, 0.25) is 0 Å². The molecular weight excluding hydrogens is 224 g/mol. The molecular formula is C15H32N2O. The first-order chi connectivity index (χ1) is 8.83. The van der Waals surface area contributed by atoms with E-state index in [0.717, 1.165) is 25.7 Å². The maximum atomic E-state index is 5.40. The summed E-state index contributed by atoms with van der Waals surface area (Å²) < 4.78 is 5.40. The van der Waals surface area contributed by atoms with E-state index >= 15 is 0 Å². The van der Waals surface area contributed by atoms with Crippen molar-refractivity contribution in [2.45, 2.75) is 45.4 Å². The minimum Gasteiger partial charge on any atom is -0.381 e. The minimum absolute atomic E-state index is 0.873. The molecule has 0 atom stereocenters. The van der Waals surface area contributed by atoms with Crippen LogP contribution < -0.4 is 5.32 Å². The lowest BCUT2D eigenvalue weighted by molar-refractivity contribution is 0.0556. The van der Waals surface area contributed by atoms with Gasteiger partial charge in [0.25, 0.3) is 0 Å². The van der Waals surface area contributed by atoms with Gasteiger partial charge < -0.3 is 15.0 Å². The van der Waals surface area contributed by atoms with Crippen molar-refractivity contribution in [1.82, 2.24) is 10.2 Å². The number of rotatable bonds is 10. The summed E-state index contributed by atoms with van der Waals surface area (Å²) in [6.45, 7) is 8.94. The maximum Gasteiger partial charge on any atom is 0.0469 e. The number of hydrogen-bond donors (Lipinski definition) is 1. The van der Waals surface area contributed by atoms with Gasteiger partial charge in [0.05, 0.1) is 0 Å². The standard InChI is InChI=1S/C15H32N2O/c1-3-16-10-6-4-5-7-11-17(2)14-15-8-12-18-13-9-15/h15-16H,3-14H2,1-2H3. The van der Waals surface area contributed by atoms with E-state index in [1.54, 1.807) is 0 Å². The van der Waals surface area contributed by atoms with Crippen LogP contribution in [0.1, 0.15) is 45.4 Å². The quantitative estimate of drug-likeness (QED) is 0.608. The Morgan fingerprint density at radius 3 is 2.56 bits per heavy atom. The predicted octanol–water partition coefficient (Wildman–Crippen LogP) is 2.51. The van der Waals surface area contributed by atoms with Gasteiger partial charge in [0.1, 0.15) is 0 Å². The van der Waals surface area contributed by atoms with E-state index < -0.39 is 0 Å². The van der Waals surface area contributed by atoms with Gasteiger partial charge in [-0.2, -0.15) is 0 Å². The van der Waals surface area contributed by atoms with Crippen molar-refractivity contribution in [3.05, 3.63) is 0 Å². The first kappa shape index (κ1) is 15.9. The molecule has 1 fully saturated rings. The van der Waals surface area contributed by atoms with Crippen LogP contribution in [0.3, 0.4) is 0 Å². The first-order valence-corrected chi connectivity index (χ1v) is 7.80. The molecule has 0 aromatic heterocycles. The van der Waals surface area contributed by atoms with Crippen molar-refractivity contribution in [1.29, 1.82) is 0 Å². The normalized spacial score (nSPS) is 17.5. The van der Waals surface area contributed by atoms with E-state index in [1.807, 2.05) is 0 Å². The van der Waals surface area contributed by atoms with E-state index in [2.05, 4.69) is 24.2 Å². The molecule has 0 bridgehead atoms. The van der Waals surface area contributed by atoms with Crippen LogP contribution in [0.4, 0.5) is 0 Å². The van der Waals surface area contributed by atoms with Crippen molar-refractivity contribution >= 4 is 0 Å². The van der Waals surface area contributed by atoms with Crippen LogP contribution in [0.15, 0.2) is 0 Å².